The molecule has 1 fully saturated rings. The van der Waals surface area contributed by atoms with E-state index < -0.39 is 0 Å². The third-order valence-corrected chi connectivity index (χ3v) is 5.20. The van der Waals surface area contributed by atoms with Gasteiger partial charge in [0.15, 0.2) is 6.61 Å². The average molecular weight is 401 g/mol. The first kappa shape index (κ1) is 20.2. The van der Waals surface area contributed by atoms with Gasteiger partial charge in [-0.2, -0.15) is 0 Å². The Morgan fingerprint density at radius 3 is 2.46 bits per heavy atom. The van der Waals surface area contributed by atoms with Crippen LogP contribution in [0.2, 0.25) is 5.02 Å². The summed E-state index contributed by atoms with van der Waals surface area (Å²) in [6, 6.07) is 14.7. The van der Waals surface area contributed by atoms with Crippen LogP contribution in [-0.4, -0.2) is 42.5 Å². The highest BCUT2D eigenvalue weighted by atomic mass is 35.5. The van der Waals surface area contributed by atoms with E-state index in [0.29, 0.717) is 23.7 Å². The maximum atomic E-state index is 12.5. The van der Waals surface area contributed by atoms with Gasteiger partial charge in [0.2, 0.25) is 0 Å². The van der Waals surface area contributed by atoms with E-state index in [0.717, 1.165) is 30.6 Å². The number of nitrogens with zero attached hydrogens (tertiary/aromatic N) is 1. The molecule has 0 unspecified atom stereocenters. The first-order chi connectivity index (χ1) is 13.6. The molecule has 0 atom stereocenters. The molecule has 3 rings (SSSR count). The lowest BCUT2D eigenvalue weighted by atomic mass is 10.0. The SMILES string of the molecule is CCc1ccccc1OCC(=O)NC1CCN(C(=O)c2ccc(Cl)cc2)CC1. The van der Waals surface area contributed by atoms with Crippen molar-refractivity contribution in [2.75, 3.05) is 19.7 Å². The van der Waals surface area contributed by atoms with Gasteiger partial charge in [0.05, 0.1) is 0 Å². The zero-order chi connectivity index (χ0) is 19.9. The summed E-state index contributed by atoms with van der Waals surface area (Å²) in [5, 5.41) is 3.63. The molecule has 0 radical (unpaired) electrons. The Labute approximate surface area is 170 Å². The Morgan fingerprint density at radius 1 is 1.11 bits per heavy atom. The molecule has 1 aliphatic heterocycles. The van der Waals surface area contributed by atoms with Gasteiger partial charge in [-0.3, -0.25) is 9.59 Å². The van der Waals surface area contributed by atoms with Gasteiger partial charge in [0.25, 0.3) is 11.8 Å². The van der Waals surface area contributed by atoms with Crippen molar-refractivity contribution in [1.82, 2.24) is 10.2 Å². The largest absolute Gasteiger partial charge is 0.483 e. The van der Waals surface area contributed by atoms with Crippen molar-refractivity contribution in [2.24, 2.45) is 0 Å². The lowest BCUT2D eigenvalue weighted by Crippen LogP contribution is -2.47. The summed E-state index contributed by atoms with van der Waals surface area (Å²) in [5.74, 6) is 0.623. The van der Waals surface area contributed by atoms with Crippen LogP contribution in [-0.2, 0) is 11.2 Å². The number of ether oxygens (including phenoxy) is 1. The van der Waals surface area contributed by atoms with Crippen LogP contribution in [0, 0.1) is 0 Å². The number of para-hydroxylation sites is 1. The quantitative estimate of drug-likeness (QED) is 0.804. The zero-order valence-corrected chi connectivity index (χ0v) is 16.7. The van der Waals surface area contributed by atoms with E-state index in [4.69, 9.17) is 16.3 Å². The molecule has 1 heterocycles. The summed E-state index contributed by atoms with van der Waals surface area (Å²) >= 11 is 5.88. The molecule has 5 nitrogen and oxygen atoms in total. The molecular formula is C22H25ClN2O3. The fourth-order valence-corrected chi connectivity index (χ4v) is 3.48. The number of piperidine rings is 1. The first-order valence-corrected chi connectivity index (χ1v) is 9.99. The molecule has 0 spiro atoms. The second kappa shape index (κ2) is 9.60. The zero-order valence-electron chi connectivity index (χ0n) is 16.0. The second-order valence-corrected chi connectivity index (χ2v) is 7.33. The topological polar surface area (TPSA) is 58.6 Å². The van der Waals surface area contributed by atoms with Crippen LogP contribution in [0.4, 0.5) is 0 Å². The molecule has 1 saturated heterocycles. The first-order valence-electron chi connectivity index (χ1n) is 9.61. The highest BCUT2D eigenvalue weighted by Crippen LogP contribution is 2.19. The average Bonchev–Trinajstić information content (AvgIpc) is 2.73. The predicted octanol–water partition coefficient (Wildman–Crippen LogP) is 3.70. The molecule has 1 N–H and O–H groups in total. The van der Waals surface area contributed by atoms with Crippen LogP contribution < -0.4 is 10.1 Å². The molecule has 1 aliphatic rings. The minimum Gasteiger partial charge on any atom is -0.483 e. The molecule has 2 amide bonds. The van der Waals surface area contributed by atoms with Gasteiger partial charge in [-0.05, 0) is 55.2 Å². The third kappa shape index (κ3) is 5.26. The van der Waals surface area contributed by atoms with Gasteiger partial charge in [0, 0.05) is 29.7 Å². The molecule has 0 saturated carbocycles. The molecule has 0 bridgehead atoms. The van der Waals surface area contributed by atoms with Gasteiger partial charge < -0.3 is 15.0 Å². The van der Waals surface area contributed by atoms with E-state index in [2.05, 4.69) is 12.2 Å². The number of carbonyl (C=O) groups excluding carboxylic acids is 2. The number of rotatable bonds is 6. The van der Waals surface area contributed by atoms with E-state index in [-0.39, 0.29) is 24.5 Å². The fourth-order valence-electron chi connectivity index (χ4n) is 3.35. The molecule has 148 valence electrons. The maximum Gasteiger partial charge on any atom is 0.258 e. The number of hydrogen-bond donors (Lipinski definition) is 1. The van der Waals surface area contributed by atoms with E-state index in [1.165, 1.54) is 0 Å². The van der Waals surface area contributed by atoms with Gasteiger partial charge >= 0.3 is 0 Å². The molecular weight excluding hydrogens is 376 g/mol. The fraction of sp³-hybridized carbons (Fsp3) is 0.364. The van der Waals surface area contributed by atoms with Crippen molar-refractivity contribution in [3.63, 3.8) is 0 Å². The summed E-state index contributed by atoms with van der Waals surface area (Å²) in [7, 11) is 0. The monoisotopic (exact) mass is 400 g/mol. The van der Waals surface area contributed by atoms with Gasteiger partial charge in [-0.1, -0.05) is 36.7 Å². The molecule has 2 aromatic rings. The van der Waals surface area contributed by atoms with E-state index in [1.807, 2.05) is 29.2 Å². The lowest BCUT2D eigenvalue weighted by molar-refractivity contribution is -0.124. The number of benzene rings is 2. The minimum absolute atomic E-state index is 0.000879. The molecule has 6 heteroatoms. The third-order valence-electron chi connectivity index (χ3n) is 4.95. The number of halogens is 1. The highest BCUT2D eigenvalue weighted by Gasteiger charge is 2.24. The van der Waals surface area contributed by atoms with Crippen molar-refractivity contribution in [1.29, 1.82) is 0 Å². The predicted molar refractivity (Wildman–Crippen MR) is 110 cm³/mol. The Balaban J connectivity index is 1.44. The van der Waals surface area contributed by atoms with Crippen LogP contribution in [0.15, 0.2) is 48.5 Å². The Bertz CT molecular complexity index is 815. The Hall–Kier alpha value is -2.53. The maximum absolute atomic E-state index is 12.5. The number of hydrogen-bond acceptors (Lipinski definition) is 3. The molecule has 2 aromatic carbocycles. The van der Waals surface area contributed by atoms with Crippen LogP contribution in [0.3, 0.4) is 0 Å². The second-order valence-electron chi connectivity index (χ2n) is 6.89. The van der Waals surface area contributed by atoms with E-state index in [9.17, 15) is 9.59 Å². The number of aryl methyl sites for hydroxylation is 1. The minimum atomic E-state index is -0.131. The van der Waals surface area contributed by atoms with Crippen LogP contribution in [0.1, 0.15) is 35.7 Å². The lowest BCUT2D eigenvalue weighted by Gasteiger charge is -2.32. The molecule has 28 heavy (non-hydrogen) atoms. The summed E-state index contributed by atoms with van der Waals surface area (Å²) < 4.78 is 5.67. The summed E-state index contributed by atoms with van der Waals surface area (Å²) in [4.78, 5) is 26.6. The van der Waals surface area contributed by atoms with Crippen molar-refractivity contribution in [3.05, 3.63) is 64.7 Å². The van der Waals surface area contributed by atoms with Gasteiger partial charge in [-0.15, -0.1) is 0 Å². The van der Waals surface area contributed by atoms with Crippen LogP contribution >= 0.6 is 11.6 Å². The summed E-state index contributed by atoms with van der Waals surface area (Å²) in [6.45, 7) is 3.29. The summed E-state index contributed by atoms with van der Waals surface area (Å²) in [5.41, 5.74) is 1.72. The van der Waals surface area contributed by atoms with Crippen LogP contribution in [0.5, 0.6) is 5.75 Å². The molecule has 0 aliphatic carbocycles. The van der Waals surface area contributed by atoms with Gasteiger partial charge in [-0.25, -0.2) is 0 Å². The van der Waals surface area contributed by atoms with Crippen molar-refractivity contribution < 1.29 is 14.3 Å². The summed E-state index contributed by atoms with van der Waals surface area (Å²) in [6.07, 6.45) is 2.32. The normalized spacial score (nSPS) is 14.6. The Kier molecular flexibility index (Phi) is 6.93. The smallest absolute Gasteiger partial charge is 0.258 e. The standard InChI is InChI=1S/C22H25ClN2O3/c1-2-16-5-3-4-6-20(16)28-15-21(26)24-19-11-13-25(14-12-19)22(27)17-7-9-18(23)10-8-17/h3-10,19H,2,11-15H2,1H3,(H,24,26). The number of carbonyl (C=O) groups is 2. The van der Waals surface area contributed by atoms with E-state index in [1.54, 1.807) is 24.3 Å². The van der Waals surface area contributed by atoms with E-state index >= 15 is 0 Å². The Morgan fingerprint density at radius 2 is 1.79 bits per heavy atom. The van der Waals surface area contributed by atoms with Crippen molar-refractivity contribution in [3.8, 4) is 5.75 Å². The van der Waals surface area contributed by atoms with Crippen molar-refractivity contribution in [2.45, 2.75) is 32.2 Å². The van der Waals surface area contributed by atoms with Crippen molar-refractivity contribution >= 4 is 23.4 Å². The molecule has 0 aromatic heterocycles. The number of likely N-dealkylation sites (tertiary alicyclic amines) is 1. The number of amides is 2. The highest BCUT2D eigenvalue weighted by molar-refractivity contribution is 6.30. The van der Waals surface area contributed by atoms with Crippen LogP contribution in [0.25, 0.3) is 0 Å². The number of nitrogens with one attached hydrogen (secondary N) is 1. The van der Waals surface area contributed by atoms with Gasteiger partial charge in [0.1, 0.15) is 5.75 Å².